The van der Waals surface area contributed by atoms with Crippen LogP contribution in [0.3, 0.4) is 0 Å². The Labute approximate surface area is 135 Å². The molecule has 1 heterocycles. The minimum atomic E-state index is -4.63. The largest absolute Gasteiger partial charge is 0.399 e. The molecule has 0 aliphatic carbocycles. The van der Waals surface area contributed by atoms with Gasteiger partial charge in [-0.15, -0.1) is 0 Å². The first kappa shape index (κ1) is 19.8. The van der Waals surface area contributed by atoms with Gasteiger partial charge in [-0.05, 0) is 18.2 Å². The van der Waals surface area contributed by atoms with Gasteiger partial charge in [0.1, 0.15) is 0 Å². The highest BCUT2D eigenvalue weighted by Crippen LogP contribution is 2.14. The molecule has 0 bridgehead atoms. The van der Waals surface area contributed by atoms with E-state index in [0.29, 0.717) is 0 Å². The van der Waals surface area contributed by atoms with Crippen molar-refractivity contribution in [3.05, 3.63) is 24.3 Å². The van der Waals surface area contributed by atoms with Crippen LogP contribution in [-0.4, -0.2) is 60.1 Å². The van der Waals surface area contributed by atoms with Crippen LogP contribution >= 0.6 is 0 Å². The number of anilines is 1. The van der Waals surface area contributed by atoms with E-state index >= 15 is 0 Å². The lowest BCUT2D eigenvalue weighted by Gasteiger charge is -2.10. The van der Waals surface area contributed by atoms with E-state index in [1.54, 1.807) is 0 Å². The van der Waals surface area contributed by atoms with E-state index < -0.39 is 32.6 Å². The first-order valence-corrected chi connectivity index (χ1v) is 9.71. The summed E-state index contributed by atoms with van der Waals surface area (Å²) in [5, 5.41) is 3.16. The number of ether oxygens (including phenoxy) is 1. The van der Waals surface area contributed by atoms with Gasteiger partial charge in [0, 0.05) is 18.8 Å². The van der Waals surface area contributed by atoms with Gasteiger partial charge >= 0.3 is 10.4 Å². The lowest BCUT2D eigenvalue weighted by Crippen LogP contribution is -2.30. The third-order valence-electron chi connectivity index (χ3n) is 2.65. The minimum Gasteiger partial charge on any atom is -0.399 e. The average molecular weight is 368 g/mol. The Hall–Kier alpha value is -1.24. The molecule has 1 aliphatic heterocycles. The molecule has 4 N–H and O–H groups in total. The minimum absolute atomic E-state index is 0.0311. The first-order chi connectivity index (χ1) is 10.7. The van der Waals surface area contributed by atoms with E-state index in [2.05, 4.69) is 9.50 Å². The van der Waals surface area contributed by atoms with Crippen molar-refractivity contribution < 1.29 is 30.3 Å². The highest BCUT2D eigenvalue weighted by atomic mass is 32.3. The Morgan fingerprint density at radius 2 is 1.87 bits per heavy atom. The molecule has 0 spiro atoms. The van der Waals surface area contributed by atoms with Gasteiger partial charge in [-0.3, -0.25) is 4.55 Å². The lowest BCUT2D eigenvalue weighted by atomic mass is 10.3. The Kier molecular flexibility index (Phi) is 7.88. The third-order valence-corrected chi connectivity index (χ3v) is 4.79. The Morgan fingerprint density at radius 3 is 2.30 bits per heavy atom. The van der Waals surface area contributed by atoms with Crippen LogP contribution in [0.25, 0.3) is 0 Å². The number of hydrogen-bond acceptors (Lipinski definition) is 8. The molecule has 2 rings (SSSR count). The maximum absolute atomic E-state index is 11.7. The van der Waals surface area contributed by atoms with Gasteiger partial charge in [0.25, 0.3) is 0 Å². The zero-order valence-electron chi connectivity index (χ0n) is 12.3. The molecule has 0 unspecified atom stereocenters. The quantitative estimate of drug-likeness (QED) is 0.461. The van der Waals surface area contributed by atoms with Crippen LogP contribution in [-0.2, 0) is 29.2 Å². The van der Waals surface area contributed by atoms with Crippen LogP contribution in [0.1, 0.15) is 0 Å². The van der Waals surface area contributed by atoms with Crippen molar-refractivity contribution in [3.8, 4) is 0 Å². The van der Waals surface area contributed by atoms with Gasteiger partial charge in [-0.25, -0.2) is 12.6 Å². The molecule has 1 saturated heterocycles. The molecular formula is C12H20N2O7S2. The highest BCUT2D eigenvalue weighted by molar-refractivity contribution is 7.91. The maximum Gasteiger partial charge on any atom is 0.397 e. The fourth-order valence-electron chi connectivity index (χ4n) is 1.59. The van der Waals surface area contributed by atoms with Gasteiger partial charge in [0.15, 0.2) is 9.84 Å². The third kappa shape index (κ3) is 8.83. The van der Waals surface area contributed by atoms with Crippen LogP contribution < -0.4 is 11.1 Å². The molecule has 1 aromatic rings. The van der Waals surface area contributed by atoms with E-state index in [-0.39, 0.29) is 10.6 Å². The Bertz CT molecular complexity index is 674. The van der Waals surface area contributed by atoms with Crippen LogP contribution in [0.5, 0.6) is 0 Å². The summed E-state index contributed by atoms with van der Waals surface area (Å²) in [5.74, 6) is -0.573. The molecule has 23 heavy (non-hydrogen) atoms. The summed E-state index contributed by atoms with van der Waals surface area (Å²) in [4.78, 5) is -0.0311. The topological polar surface area (TPSA) is 145 Å². The summed E-state index contributed by atoms with van der Waals surface area (Å²) in [5.41, 5.74) is 5.70. The second-order valence-corrected chi connectivity index (χ2v) is 7.70. The van der Waals surface area contributed by atoms with Crippen molar-refractivity contribution in [1.29, 1.82) is 0 Å². The second kappa shape index (κ2) is 9.15. The molecule has 1 aromatic carbocycles. The highest BCUT2D eigenvalue weighted by Gasteiger charge is 2.16. The molecule has 0 saturated carbocycles. The van der Waals surface area contributed by atoms with Crippen molar-refractivity contribution in [2.75, 3.05) is 44.4 Å². The van der Waals surface area contributed by atoms with E-state index in [4.69, 9.17) is 15.0 Å². The van der Waals surface area contributed by atoms with Gasteiger partial charge in [-0.1, -0.05) is 6.07 Å². The molecule has 11 heteroatoms. The number of nitrogen functional groups attached to an aromatic ring is 1. The predicted octanol–water partition coefficient (Wildman–Crippen LogP) is -0.532. The van der Waals surface area contributed by atoms with Gasteiger partial charge in [0.05, 0.1) is 30.5 Å². The summed E-state index contributed by atoms with van der Waals surface area (Å²) in [6.07, 6.45) is 0. The fourth-order valence-corrected chi connectivity index (χ4v) is 3.13. The number of benzene rings is 1. The van der Waals surface area contributed by atoms with Crippen molar-refractivity contribution in [3.63, 3.8) is 0 Å². The zero-order chi connectivity index (χ0) is 17.3. The monoisotopic (exact) mass is 368 g/mol. The summed E-state index contributed by atoms with van der Waals surface area (Å²) in [6, 6.07) is 5.57. The fraction of sp³-hybridized carbons (Fsp3) is 0.500. The molecule has 0 radical (unpaired) electrons. The van der Waals surface area contributed by atoms with E-state index in [0.717, 1.165) is 26.3 Å². The van der Waals surface area contributed by atoms with Gasteiger partial charge < -0.3 is 15.8 Å². The van der Waals surface area contributed by atoms with Crippen molar-refractivity contribution in [2.24, 2.45) is 0 Å². The zero-order valence-corrected chi connectivity index (χ0v) is 14.0. The summed E-state index contributed by atoms with van der Waals surface area (Å²) < 4.78 is 61.0. The molecule has 0 amide bonds. The van der Waals surface area contributed by atoms with E-state index in [1.165, 1.54) is 24.3 Å². The number of nitrogens with one attached hydrogen (secondary N) is 1. The summed E-state index contributed by atoms with van der Waals surface area (Å²) >= 11 is 0. The van der Waals surface area contributed by atoms with Crippen LogP contribution in [0.2, 0.25) is 0 Å². The molecular weight excluding hydrogens is 348 g/mol. The molecule has 1 aliphatic rings. The average Bonchev–Trinajstić information content (AvgIpc) is 2.48. The van der Waals surface area contributed by atoms with E-state index in [9.17, 15) is 16.8 Å². The van der Waals surface area contributed by atoms with Crippen molar-refractivity contribution in [2.45, 2.75) is 4.90 Å². The van der Waals surface area contributed by atoms with Crippen molar-refractivity contribution in [1.82, 2.24) is 5.32 Å². The number of sulfone groups is 1. The molecule has 0 aromatic heterocycles. The van der Waals surface area contributed by atoms with E-state index in [1.807, 2.05) is 0 Å². The lowest BCUT2D eigenvalue weighted by molar-refractivity contribution is 0.109. The smallest absolute Gasteiger partial charge is 0.397 e. The number of hydrogen-bond donors (Lipinski definition) is 3. The number of nitrogens with two attached hydrogens (primary N) is 1. The normalized spacial score (nSPS) is 15.5. The second-order valence-electron chi connectivity index (χ2n) is 4.50. The molecule has 132 valence electrons. The number of rotatable bonds is 5. The predicted molar refractivity (Wildman–Crippen MR) is 84.1 cm³/mol. The summed E-state index contributed by atoms with van der Waals surface area (Å²) in [7, 11) is -8.31. The molecule has 1 fully saturated rings. The van der Waals surface area contributed by atoms with Gasteiger partial charge in [0.2, 0.25) is 0 Å². The van der Waals surface area contributed by atoms with Crippen LogP contribution in [0, 0.1) is 0 Å². The van der Waals surface area contributed by atoms with Crippen LogP contribution in [0.4, 0.5) is 5.69 Å². The summed E-state index contributed by atoms with van der Waals surface area (Å²) in [6.45, 7) is 3.18. The van der Waals surface area contributed by atoms with Gasteiger partial charge in [-0.2, -0.15) is 8.42 Å². The Balaban J connectivity index is 0.000000366. The molecule has 0 atom stereocenters. The maximum atomic E-state index is 11.7. The van der Waals surface area contributed by atoms with Crippen LogP contribution in [0.15, 0.2) is 29.2 Å². The number of morpholine rings is 1. The standard InChI is InChI=1S/C8H11NO6S2.C4H9NO/c9-7-2-1-3-8(6-7)16(10,11)5-4-15-17(12,13)14;1-3-6-4-2-5-1/h1-3,6H,4-5,9H2,(H,12,13,14);5H,1-4H2. The Morgan fingerprint density at radius 1 is 1.22 bits per heavy atom. The first-order valence-electron chi connectivity index (χ1n) is 6.69. The SMILES string of the molecule is C1COCCN1.Nc1cccc(S(=O)(=O)CCOS(=O)(=O)O)c1. The van der Waals surface area contributed by atoms with Crippen molar-refractivity contribution >= 4 is 25.9 Å². The molecule has 9 nitrogen and oxygen atoms in total.